The summed E-state index contributed by atoms with van der Waals surface area (Å²) in [6.07, 6.45) is 0.650. The Bertz CT molecular complexity index is 562. The van der Waals surface area contributed by atoms with Crippen LogP contribution in [0.3, 0.4) is 0 Å². The molecule has 0 unspecified atom stereocenters. The van der Waals surface area contributed by atoms with Crippen molar-refractivity contribution in [2.45, 2.75) is 45.1 Å². The predicted octanol–water partition coefficient (Wildman–Crippen LogP) is 1.23. The van der Waals surface area contributed by atoms with Crippen LogP contribution < -0.4 is 0 Å². The average Bonchev–Trinajstić information content (AvgIpc) is 2.68. The molecule has 1 aromatic rings. The topological polar surface area (TPSA) is 103 Å². The molecular weight excluding hydrogens is 270 g/mol. The Kier molecular flexibility index (Phi) is 4.70. The Morgan fingerprint density at radius 3 is 2.47 bits per heavy atom. The highest BCUT2D eigenvalue weighted by molar-refractivity contribution is 7.89. The molecule has 1 heterocycles. The number of hydrogen-bond acceptors (Lipinski definition) is 4. The molecule has 0 spiro atoms. The van der Waals surface area contributed by atoms with E-state index >= 15 is 0 Å². The van der Waals surface area contributed by atoms with Crippen LogP contribution in [-0.2, 0) is 10.0 Å². The Morgan fingerprint density at radius 1 is 1.47 bits per heavy atom. The highest BCUT2D eigenvalue weighted by atomic mass is 32.2. The molecule has 19 heavy (non-hydrogen) atoms. The van der Waals surface area contributed by atoms with Gasteiger partial charge in [0, 0.05) is 12.6 Å². The Labute approximate surface area is 112 Å². The van der Waals surface area contributed by atoms with Crippen molar-refractivity contribution < 1.29 is 18.3 Å². The lowest BCUT2D eigenvalue weighted by Gasteiger charge is -2.25. The number of rotatable bonds is 6. The standard InChI is InChI=1S/C11H19N3O4S/c1-5-6-14(7(2)3)19(17,18)10-8(4)12-13-9(10)11(15)16/h7H,5-6H2,1-4H3,(H,12,13)(H,15,16). The number of aromatic nitrogens is 2. The zero-order valence-electron chi connectivity index (χ0n) is 11.5. The minimum absolute atomic E-state index is 0.235. The third-order valence-electron chi connectivity index (χ3n) is 2.68. The number of sulfonamides is 1. The second-order valence-electron chi connectivity index (χ2n) is 4.54. The van der Waals surface area contributed by atoms with Gasteiger partial charge in [-0.15, -0.1) is 0 Å². The Balaban J connectivity index is 3.41. The van der Waals surface area contributed by atoms with E-state index in [1.807, 2.05) is 6.92 Å². The van der Waals surface area contributed by atoms with E-state index in [1.54, 1.807) is 13.8 Å². The van der Waals surface area contributed by atoms with Gasteiger partial charge in [-0.05, 0) is 27.2 Å². The van der Waals surface area contributed by atoms with Crippen molar-refractivity contribution in [2.24, 2.45) is 0 Å². The highest BCUT2D eigenvalue weighted by Gasteiger charge is 2.34. The number of nitrogens with zero attached hydrogens (tertiary/aromatic N) is 2. The van der Waals surface area contributed by atoms with Crippen LogP contribution in [0.5, 0.6) is 0 Å². The zero-order valence-corrected chi connectivity index (χ0v) is 12.3. The minimum atomic E-state index is -3.87. The van der Waals surface area contributed by atoms with Gasteiger partial charge in [0.15, 0.2) is 5.69 Å². The van der Waals surface area contributed by atoms with Crippen LogP contribution in [0, 0.1) is 6.92 Å². The molecule has 0 saturated carbocycles. The van der Waals surface area contributed by atoms with Gasteiger partial charge in [-0.3, -0.25) is 5.10 Å². The monoisotopic (exact) mass is 289 g/mol. The van der Waals surface area contributed by atoms with Crippen molar-refractivity contribution in [1.29, 1.82) is 0 Å². The summed E-state index contributed by atoms with van der Waals surface area (Å²) in [4.78, 5) is 10.8. The molecule has 0 radical (unpaired) electrons. The first-order valence-electron chi connectivity index (χ1n) is 6.03. The molecule has 0 aliphatic heterocycles. The van der Waals surface area contributed by atoms with Gasteiger partial charge in [0.2, 0.25) is 10.0 Å². The van der Waals surface area contributed by atoms with Gasteiger partial charge in [-0.25, -0.2) is 13.2 Å². The third kappa shape index (κ3) is 2.95. The lowest BCUT2D eigenvalue weighted by atomic mass is 10.3. The number of hydrogen-bond donors (Lipinski definition) is 2. The van der Waals surface area contributed by atoms with Gasteiger partial charge in [-0.1, -0.05) is 6.92 Å². The number of nitrogens with one attached hydrogen (secondary N) is 1. The van der Waals surface area contributed by atoms with Crippen LogP contribution in [0.4, 0.5) is 0 Å². The van der Waals surface area contributed by atoms with E-state index < -0.39 is 21.7 Å². The van der Waals surface area contributed by atoms with Gasteiger partial charge < -0.3 is 5.11 Å². The van der Waals surface area contributed by atoms with Crippen molar-refractivity contribution in [2.75, 3.05) is 6.54 Å². The molecule has 108 valence electrons. The minimum Gasteiger partial charge on any atom is -0.476 e. The van der Waals surface area contributed by atoms with Crippen LogP contribution in [0.15, 0.2) is 4.90 Å². The molecule has 1 aromatic heterocycles. The summed E-state index contributed by atoms with van der Waals surface area (Å²) in [5, 5.41) is 15.0. The van der Waals surface area contributed by atoms with E-state index in [4.69, 9.17) is 5.11 Å². The molecule has 0 aliphatic rings. The highest BCUT2D eigenvalue weighted by Crippen LogP contribution is 2.24. The number of aromatic amines is 1. The van der Waals surface area contributed by atoms with E-state index in [0.29, 0.717) is 13.0 Å². The maximum atomic E-state index is 12.6. The van der Waals surface area contributed by atoms with Crippen LogP contribution in [0.2, 0.25) is 0 Å². The number of carboxylic acids is 1. The summed E-state index contributed by atoms with van der Waals surface area (Å²) >= 11 is 0. The molecule has 0 saturated heterocycles. The molecule has 1 rings (SSSR count). The van der Waals surface area contributed by atoms with Gasteiger partial charge in [0.1, 0.15) is 4.90 Å². The fourth-order valence-electron chi connectivity index (χ4n) is 1.87. The molecular formula is C11H19N3O4S. The maximum absolute atomic E-state index is 12.6. The first-order chi connectivity index (χ1) is 8.73. The lowest BCUT2D eigenvalue weighted by Crippen LogP contribution is -2.38. The molecule has 0 fully saturated rings. The maximum Gasteiger partial charge on any atom is 0.357 e. The van der Waals surface area contributed by atoms with Crippen LogP contribution in [0.25, 0.3) is 0 Å². The quantitative estimate of drug-likeness (QED) is 0.819. The lowest BCUT2D eigenvalue weighted by molar-refractivity contribution is 0.0686. The largest absolute Gasteiger partial charge is 0.476 e. The molecule has 7 nitrogen and oxygen atoms in total. The van der Waals surface area contributed by atoms with Crippen LogP contribution >= 0.6 is 0 Å². The van der Waals surface area contributed by atoms with Crippen LogP contribution in [-0.4, -0.2) is 46.6 Å². The van der Waals surface area contributed by atoms with Gasteiger partial charge in [0.05, 0.1) is 5.69 Å². The molecule has 0 aromatic carbocycles. The van der Waals surface area contributed by atoms with Gasteiger partial charge >= 0.3 is 5.97 Å². The summed E-state index contributed by atoms with van der Waals surface area (Å²) in [7, 11) is -3.87. The normalized spacial score (nSPS) is 12.3. The van der Waals surface area contributed by atoms with Crippen molar-refractivity contribution in [1.82, 2.24) is 14.5 Å². The number of carboxylic acid groups (broad SMARTS) is 1. The molecule has 0 bridgehead atoms. The number of aromatic carboxylic acids is 1. The van der Waals surface area contributed by atoms with Gasteiger partial charge in [-0.2, -0.15) is 9.40 Å². The Hall–Kier alpha value is -1.41. The molecule has 0 atom stereocenters. The van der Waals surface area contributed by atoms with Crippen molar-refractivity contribution in [3.8, 4) is 0 Å². The van der Waals surface area contributed by atoms with E-state index in [0.717, 1.165) is 0 Å². The predicted molar refractivity (Wildman–Crippen MR) is 69.6 cm³/mol. The fourth-order valence-corrected chi connectivity index (χ4v) is 3.90. The number of H-pyrrole nitrogens is 1. The zero-order chi connectivity index (χ0) is 14.8. The molecule has 2 N–H and O–H groups in total. The van der Waals surface area contributed by atoms with Crippen LogP contribution in [0.1, 0.15) is 43.4 Å². The fraction of sp³-hybridized carbons (Fsp3) is 0.636. The van der Waals surface area contributed by atoms with E-state index in [1.165, 1.54) is 11.2 Å². The van der Waals surface area contributed by atoms with Gasteiger partial charge in [0.25, 0.3) is 0 Å². The van der Waals surface area contributed by atoms with E-state index in [2.05, 4.69) is 10.2 Å². The van der Waals surface area contributed by atoms with E-state index in [-0.39, 0.29) is 16.6 Å². The summed E-state index contributed by atoms with van der Waals surface area (Å²) < 4.78 is 26.4. The summed E-state index contributed by atoms with van der Waals surface area (Å²) in [5.74, 6) is -1.36. The smallest absolute Gasteiger partial charge is 0.357 e. The molecule has 0 aliphatic carbocycles. The first-order valence-corrected chi connectivity index (χ1v) is 7.47. The first kappa shape index (κ1) is 15.6. The average molecular weight is 289 g/mol. The summed E-state index contributed by atoms with van der Waals surface area (Å²) in [5.41, 5.74) is -0.224. The number of carbonyl (C=O) groups is 1. The third-order valence-corrected chi connectivity index (χ3v) is 4.92. The Morgan fingerprint density at radius 2 is 2.05 bits per heavy atom. The van der Waals surface area contributed by atoms with E-state index in [9.17, 15) is 13.2 Å². The van der Waals surface area contributed by atoms with Crippen molar-refractivity contribution in [3.63, 3.8) is 0 Å². The summed E-state index contributed by atoms with van der Waals surface area (Å²) in [6.45, 7) is 7.21. The summed E-state index contributed by atoms with van der Waals surface area (Å²) in [6, 6.07) is -0.249. The van der Waals surface area contributed by atoms with Crippen molar-refractivity contribution in [3.05, 3.63) is 11.4 Å². The second-order valence-corrected chi connectivity index (χ2v) is 6.37. The number of aryl methyl sites for hydroxylation is 1. The second kappa shape index (κ2) is 5.70. The SMILES string of the molecule is CCCN(C(C)C)S(=O)(=O)c1c(C(=O)O)n[nH]c1C. The molecule has 8 heteroatoms. The van der Waals surface area contributed by atoms with Crippen molar-refractivity contribution >= 4 is 16.0 Å². The molecule has 0 amide bonds.